The maximum absolute atomic E-state index is 10.2. The van der Waals surface area contributed by atoms with Crippen molar-refractivity contribution in [3.05, 3.63) is 65.2 Å². The van der Waals surface area contributed by atoms with Gasteiger partial charge >= 0.3 is 0 Å². The number of nitrogens with zero attached hydrogens (tertiary/aromatic N) is 1. The highest BCUT2D eigenvalue weighted by Crippen LogP contribution is 2.21. The number of anilines is 1. The van der Waals surface area contributed by atoms with Crippen LogP contribution in [0.15, 0.2) is 48.5 Å². The first kappa shape index (κ1) is 14.6. The highest BCUT2D eigenvalue weighted by Gasteiger charge is 2.09. The average Bonchev–Trinajstić information content (AvgIpc) is 2.44. The second-order valence-corrected chi connectivity index (χ2v) is 5.48. The van der Waals surface area contributed by atoms with Gasteiger partial charge in [-0.1, -0.05) is 36.4 Å². The molecule has 0 saturated heterocycles. The number of aliphatic hydroxyl groups is 1. The van der Waals surface area contributed by atoms with Crippen molar-refractivity contribution < 1.29 is 5.11 Å². The maximum atomic E-state index is 10.2. The van der Waals surface area contributed by atoms with E-state index in [1.807, 2.05) is 30.3 Å². The molecule has 106 valence electrons. The van der Waals surface area contributed by atoms with Gasteiger partial charge in [-0.05, 0) is 49.1 Å². The van der Waals surface area contributed by atoms with E-state index < -0.39 is 6.10 Å². The molecule has 0 aliphatic rings. The van der Waals surface area contributed by atoms with Gasteiger partial charge in [0, 0.05) is 19.3 Å². The van der Waals surface area contributed by atoms with Crippen molar-refractivity contribution >= 4 is 5.69 Å². The van der Waals surface area contributed by atoms with E-state index in [2.05, 4.69) is 44.0 Å². The summed E-state index contributed by atoms with van der Waals surface area (Å²) >= 11 is 0. The number of hydrogen-bond acceptors (Lipinski definition) is 2. The van der Waals surface area contributed by atoms with Gasteiger partial charge in [-0.25, -0.2) is 0 Å². The van der Waals surface area contributed by atoms with E-state index in [0.717, 1.165) is 18.5 Å². The van der Waals surface area contributed by atoms with Crippen LogP contribution in [0, 0.1) is 13.8 Å². The highest BCUT2D eigenvalue weighted by molar-refractivity contribution is 5.50. The lowest BCUT2D eigenvalue weighted by Crippen LogP contribution is -2.20. The van der Waals surface area contributed by atoms with E-state index in [1.165, 1.54) is 16.8 Å². The fraction of sp³-hybridized carbons (Fsp3) is 0.333. The molecular formula is C18H23NO. The molecular weight excluding hydrogens is 246 g/mol. The van der Waals surface area contributed by atoms with Crippen molar-refractivity contribution in [1.29, 1.82) is 0 Å². The Morgan fingerprint density at radius 3 is 2.20 bits per heavy atom. The van der Waals surface area contributed by atoms with E-state index in [9.17, 15) is 5.11 Å². The Morgan fingerprint density at radius 2 is 1.60 bits per heavy atom. The molecule has 0 spiro atoms. The summed E-state index contributed by atoms with van der Waals surface area (Å²) < 4.78 is 0. The Kier molecular flexibility index (Phi) is 4.80. The molecule has 0 aliphatic carbocycles. The van der Waals surface area contributed by atoms with Crippen LogP contribution in [0.1, 0.15) is 29.2 Å². The van der Waals surface area contributed by atoms with Crippen LogP contribution in [0.5, 0.6) is 0 Å². The molecule has 0 radical (unpaired) electrons. The van der Waals surface area contributed by atoms with E-state index in [1.54, 1.807) is 0 Å². The van der Waals surface area contributed by atoms with Gasteiger partial charge in [-0.3, -0.25) is 0 Å². The average molecular weight is 269 g/mol. The monoisotopic (exact) mass is 269 g/mol. The zero-order valence-corrected chi connectivity index (χ0v) is 12.5. The molecule has 0 bridgehead atoms. The van der Waals surface area contributed by atoms with Gasteiger partial charge in [0.25, 0.3) is 0 Å². The van der Waals surface area contributed by atoms with Crippen molar-refractivity contribution in [2.75, 3.05) is 18.5 Å². The van der Waals surface area contributed by atoms with Crippen LogP contribution in [0.2, 0.25) is 0 Å². The minimum absolute atomic E-state index is 0.399. The van der Waals surface area contributed by atoms with E-state index in [0.29, 0.717) is 0 Å². The lowest BCUT2D eigenvalue weighted by Gasteiger charge is -2.22. The smallest absolute Gasteiger partial charge is 0.0806 e. The molecule has 20 heavy (non-hydrogen) atoms. The topological polar surface area (TPSA) is 23.5 Å². The maximum Gasteiger partial charge on any atom is 0.0806 e. The summed E-state index contributed by atoms with van der Waals surface area (Å²) in [7, 11) is 2.08. The molecule has 2 nitrogen and oxygen atoms in total. The molecule has 2 aromatic rings. The lowest BCUT2D eigenvalue weighted by molar-refractivity contribution is 0.170. The third kappa shape index (κ3) is 3.84. The summed E-state index contributed by atoms with van der Waals surface area (Å²) in [5.74, 6) is 0. The predicted octanol–water partition coefficient (Wildman–Crippen LogP) is 3.86. The first-order valence-corrected chi connectivity index (χ1v) is 7.08. The van der Waals surface area contributed by atoms with Gasteiger partial charge < -0.3 is 10.0 Å². The summed E-state index contributed by atoms with van der Waals surface area (Å²) in [6, 6.07) is 16.4. The van der Waals surface area contributed by atoms with Gasteiger partial charge in [0.1, 0.15) is 0 Å². The molecule has 0 amide bonds. The summed E-state index contributed by atoms with van der Waals surface area (Å²) in [4.78, 5) is 2.20. The lowest BCUT2D eigenvalue weighted by atomic mass is 10.1. The number of benzene rings is 2. The van der Waals surface area contributed by atoms with E-state index >= 15 is 0 Å². The fourth-order valence-corrected chi connectivity index (χ4v) is 2.46. The molecule has 2 heteroatoms. The molecule has 0 saturated carbocycles. The molecule has 1 unspecified atom stereocenters. The van der Waals surface area contributed by atoms with E-state index in [-0.39, 0.29) is 0 Å². The summed E-state index contributed by atoms with van der Waals surface area (Å²) in [6.45, 7) is 5.06. The molecule has 0 aliphatic heterocycles. The fourth-order valence-electron chi connectivity index (χ4n) is 2.46. The Balaban J connectivity index is 1.96. The molecule has 1 atom stereocenters. The van der Waals surface area contributed by atoms with Crippen LogP contribution in [0.3, 0.4) is 0 Å². The van der Waals surface area contributed by atoms with Gasteiger partial charge in [0.05, 0.1) is 6.10 Å². The SMILES string of the molecule is Cc1cc(C)cc(N(C)CCC(O)c2ccccc2)c1. The molecule has 0 aromatic heterocycles. The Labute approximate surface area is 121 Å². The quantitative estimate of drug-likeness (QED) is 0.891. The second-order valence-electron chi connectivity index (χ2n) is 5.48. The number of aliphatic hydroxyl groups excluding tert-OH is 1. The van der Waals surface area contributed by atoms with Gasteiger partial charge in [0.15, 0.2) is 0 Å². The normalized spacial score (nSPS) is 12.2. The largest absolute Gasteiger partial charge is 0.388 e. The minimum Gasteiger partial charge on any atom is -0.388 e. The first-order chi connectivity index (χ1) is 9.56. The third-order valence-corrected chi connectivity index (χ3v) is 3.57. The third-order valence-electron chi connectivity index (χ3n) is 3.57. The van der Waals surface area contributed by atoms with E-state index in [4.69, 9.17) is 0 Å². The van der Waals surface area contributed by atoms with Crippen LogP contribution in [0.25, 0.3) is 0 Å². The van der Waals surface area contributed by atoms with Crippen molar-refractivity contribution in [3.8, 4) is 0 Å². The first-order valence-electron chi connectivity index (χ1n) is 7.08. The second kappa shape index (κ2) is 6.58. The van der Waals surface area contributed by atoms with Crippen molar-refractivity contribution in [3.63, 3.8) is 0 Å². The van der Waals surface area contributed by atoms with Crippen LogP contribution in [-0.2, 0) is 0 Å². The Bertz CT molecular complexity index is 530. The Morgan fingerprint density at radius 1 is 1.00 bits per heavy atom. The molecule has 1 N–H and O–H groups in total. The van der Waals surface area contributed by atoms with Crippen LogP contribution >= 0.6 is 0 Å². The summed E-state index contributed by atoms with van der Waals surface area (Å²) in [5, 5.41) is 10.2. The predicted molar refractivity (Wildman–Crippen MR) is 85.2 cm³/mol. The molecule has 0 heterocycles. The minimum atomic E-state index is -0.399. The number of hydrogen-bond donors (Lipinski definition) is 1. The zero-order valence-electron chi connectivity index (χ0n) is 12.5. The Hall–Kier alpha value is -1.80. The molecule has 2 aromatic carbocycles. The van der Waals surface area contributed by atoms with Crippen molar-refractivity contribution in [1.82, 2.24) is 0 Å². The highest BCUT2D eigenvalue weighted by atomic mass is 16.3. The number of rotatable bonds is 5. The zero-order chi connectivity index (χ0) is 14.5. The molecule has 2 rings (SSSR count). The summed E-state index contributed by atoms with van der Waals surface area (Å²) in [6.07, 6.45) is 0.331. The molecule has 0 fully saturated rings. The van der Waals surface area contributed by atoms with Crippen LogP contribution < -0.4 is 4.90 Å². The van der Waals surface area contributed by atoms with Crippen LogP contribution in [-0.4, -0.2) is 18.7 Å². The van der Waals surface area contributed by atoms with Gasteiger partial charge in [-0.2, -0.15) is 0 Å². The van der Waals surface area contributed by atoms with Crippen LogP contribution in [0.4, 0.5) is 5.69 Å². The van der Waals surface area contributed by atoms with Gasteiger partial charge in [-0.15, -0.1) is 0 Å². The van der Waals surface area contributed by atoms with Crippen molar-refractivity contribution in [2.24, 2.45) is 0 Å². The number of aryl methyl sites for hydroxylation is 2. The summed E-state index contributed by atoms with van der Waals surface area (Å²) in [5.41, 5.74) is 4.75. The van der Waals surface area contributed by atoms with Crippen molar-refractivity contribution in [2.45, 2.75) is 26.4 Å². The standard InChI is InChI=1S/C18H23NO/c1-14-11-15(2)13-17(12-14)19(3)10-9-18(20)16-7-5-4-6-8-16/h4-8,11-13,18,20H,9-10H2,1-3H3. The van der Waals surface area contributed by atoms with Gasteiger partial charge in [0.2, 0.25) is 0 Å².